The Morgan fingerprint density at radius 2 is 1.81 bits per heavy atom. The molecular weight excluding hydrogens is 342 g/mol. The average Bonchev–Trinajstić information content (AvgIpc) is 3.21. The van der Waals surface area contributed by atoms with Gasteiger partial charge in [-0.25, -0.2) is 9.97 Å². The topological polar surface area (TPSA) is 56.7 Å². The van der Waals surface area contributed by atoms with Gasteiger partial charge >= 0.3 is 0 Å². The molecule has 0 amide bonds. The van der Waals surface area contributed by atoms with Crippen molar-refractivity contribution in [3.8, 4) is 11.5 Å². The molecule has 0 bridgehead atoms. The van der Waals surface area contributed by atoms with Gasteiger partial charge in [-0.15, -0.1) is 0 Å². The molecule has 1 aliphatic rings. The normalized spacial score (nSPS) is 16.7. The Hall–Kier alpha value is -2.18. The molecule has 1 aliphatic heterocycles. The Morgan fingerprint density at radius 1 is 1.07 bits per heavy atom. The molecule has 0 unspecified atom stereocenters. The Morgan fingerprint density at radius 3 is 2.44 bits per heavy atom. The fourth-order valence-corrected chi connectivity index (χ4v) is 3.40. The van der Waals surface area contributed by atoms with Gasteiger partial charge in [-0.2, -0.15) is 0 Å². The molecule has 0 saturated carbocycles. The van der Waals surface area contributed by atoms with Crippen molar-refractivity contribution >= 4 is 0 Å². The maximum Gasteiger partial charge on any atom is 0.161 e. The van der Waals surface area contributed by atoms with Crippen LogP contribution in [0.4, 0.5) is 0 Å². The third-order valence-corrected chi connectivity index (χ3v) is 4.82. The van der Waals surface area contributed by atoms with Crippen molar-refractivity contribution < 1.29 is 14.2 Å². The lowest BCUT2D eigenvalue weighted by Gasteiger charge is -2.25. The Kier molecular flexibility index (Phi) is 7.01. The molecule has 2 aromatic rings. The van der Waals surface area contributed by atoms with Crippen LogP contribution in [0.2, 0.25) is 0 Å². The summed E-state index contributed by atoms with van der Waals surface area (Å²) in [6.07, 6.45) is 7.27. The number of ether oxygens (including phenoxy) is 3. The van der Waals surface area contributed by atoms with Crippen molar-refractivity contribution in [1.82, 2.24) is 14.9 Å². The smallest absolute Gasteiger partial charge is 0.161 e. The van der Waals surface area contributed by atoms with Crippen LogP contribution < -0.4 is 9.47 Å². The molecule has 0 N–H and O–H groups in total. The minimum absolute atomic E-state index is 0.293. The number of aromatic nitrogens is 2. The predicted octanol–water partition coefficient (Wildman–Crippen LogP) is 3.24. The number of methoxy groups -OCH3 is 2. The number of hydrogen-bond donors (Lipinski definition) is 0. The summed E-state index contributed by atoms with van der Waals surface area (Å²) in [5.74, 6) is 2.38. The molecule has 0 aliphatic carbocycles. The molecule has 1 fully saturated rings. The van der Waals surface area contributed by atoms with Gasteiger partial charge in [0.15, 0.2) is 11.5 Å². The van der Waals surface area contributed by atoms with Gasteiger partial charge < -0.3 is 14.2 Å². The van der Waals surface area contributed by atoms with Crippen molar-refractivity contribution in [2.24, 2.45) is 0 Å². The first-order valence-corrected chi connectivity index (χ1v) is 9.56. The number of hydrogen-bond acceptors (Lipinski definition) is 6. The monoisotopic (exact) mass is 371 g/mol. The third-order valence-electron chi connectivity index (χ3n) is 4.82. The van der Waals surface area contributed by atoms with E-state index in [-0.39, 0.29) is 0 Å². The van der Waals surface area contributed by atoms with E-state index in [2.05, 4.69) is 27.9 Å². The van der Waals surface area contributed by atoms with E-state index in [1.165, 1.54) is 5.56 Å². The second-order valence-corrected chi connectivity index (χ2v) is 6.86. The summed E-state index contributed by atoms with van der Waals surface area (Å²) in [6.45, 7) is 5.41. The fourth-order valence-electron chi connectivity index (χ4n) is 3.40. The molecule has 146 valence electrons. The molecule has 1 atom stereocenters. The third kappa shape index (κ3) is 5.40. The second-order valence-electron chi connectivity index (χ2n) is 6.86. The summed E-state index contributed by atoms with van der Waals surface area (Å²) in [6, 6.07) is 6.08. The van der Waals surface area contributed by atoms with Crippen molar-refractivity contribution in [3.63, 3.8) is 0 Å². The molecule has 0 spiro atoms. The SMILES string of the molecule is CCc1ncc(CN(Cc2ccc(OC)c(OC)c2)C[C@@H]2CCCO2)cn1. The van der Waals surface area contributed by atoms with E-state index in [0.717, 1.165) is 68.4 Å². The van der Waals surface area contributed by atoms with Gasteiger partial charge in [0.25, 0.3) is 0 Å². The highest BCUT2D eigenvalue weighted by Gasteiger charge is 2.20. The van der Waals surface area contributed by atoms with E-state index in [1.807, 2.05) is 24.5 Å². The first-order valence-electron chi connectivity index (χ1n) is 9.56. The number of nitrogens with zero attached hydrogens (tertiary/aromatic N) is 3. The van der Waals surface area contributed by atoms with E-state index in [9.17, 15) is 0 Å². The largest absolute Gasteiger partial charge is 0.493 e. The zero-order chi connectivity index (χ0) is 19.1. The maximum absolute atomic E-state index is 5.86. The molecule has 6 heteroatoms. The Labute approximate surface area is 161 Å². The summed E-state index contributed by atoms with van der Waals surface area (Å²) < 4.78 is 16.7. The standard InChI is InChI=1S/C21H29N3O3/c1-4-21-22-11-17(12-23-21)14-24(15-18-6-5-9-27-18)13-16-7-8-19(25-2)20(10-16)26-3/h7-8,10-12,18H,4-6,9,13-15H2,1-3H3/t18-/m0/s1. The van der Waals surface area contributed by atoms with Gasteiger partial charge in [0.05, 0.1) is 20.3 Å². The number of benzene rings is 1. The first-order chi connectivity index (χ1) is 13.2. The second kappa shape index (κ2) is 9.67. The van der Waals surface area contributed by atoms with E-state index in [0.29, 0.717) is 6.10 Å². The summed E-state index contributed by atoms with van der Waals surface area (Å²) >= 11 is 0. The lowest BCUT2D eigenvalue weighted by molar-refractivity contribution is 0.0678. The van der Waals surface area contributed by atoms with Gasteiger partial charge in [-0.05, 0) is 30.5 Å². The Balaban J connectivity index is 1.74. The van der Waals surface area contributed by atoms with Crippen molar-refractivity contribution in [2.75, 3.05) is 27.4 Å². The van der Waals surface area contributed by atoms with Crippen LogP contribution in [0, 0.1) is 0 Å². The molecule has 27 heavy (non-hydrogen) atoms. The van der Waals surface area contributed by atoms with Crippen LogP contribution in [0.5, 0.6) is 11.5 Å². The number of rotatable bonds is 9. The van der Waals surface area contributed by atoms with E-state index in [1.54, 1.807) is 14.2 Å². The van der Waals surface area contributed by atoms with Crippen molar-refractivity contribution in [1.29, 1.82) is 0 Å². The summed E-state index contributed by atoms with van der Waals surface area (Å²) in [5, 5.41) is 0. The van der Waals surface area contributed by atoms with Crippen molar-refractivity contribution in [2.45, 2.75) is 45.4 Å². The maximum atomic E-state index is 5.86. The molecular formula is C21H29N3O3. The molecule has 3 rings (SSSR count). The quantitative estimate of drug-likeness (QED) is 0.674. The predicted molar refractivity (Wildman–Crippen MR) is 104 cm³/mol. The lowest BCUT2D eigenvalue weighted by atomic mass is 10.1. The van der Waals surface area contributed by atoms with Crippen molar-refractivity contribution in [3.05, 3.63) is 47.5 Å². The van der Waals surface area contributed by atoms with E-state index in [4.69, 9.17) is 14.2 Å². The van der Waals surface area contributed by atoms with Crippen LogP contribution >= 0.6 is 0 Å². The fraction of sp³-hybridized carbons (Fsp3) is 0.524. The highest BCUT2D eigenvalue weighted by Crippen LogP contribution is 2.28. The zero-order valence-electron chi connectivity index (χ0n) is 16.5. The van der Waals surface area contributed by atoms with Gasteiger partial charge in [-0.1, -0.05) is 13.0 Å². The van der Waals surface area contributed by atoms with Gasteiger partial charge in [-0.3, -0.25) is 4.90 Å². The molecule has 6 nitrogen and oxygen atoms in total. The first kappa shape index (κ1) is 19.6. The molecule has 0 radical (unpaired) electrons. The zero-order valence-corrected chi connectivity index (χ0v) is 16.5. The highest BCUT2D eigenvalue weighted by molar-refractivity contribution is 5.42. The minimum Gasteiger partial charge on any atom is -0.493 e. The summed E-state index contributed by atoms with van der Waals surface area (Å²) in [7, 11) is 3.32. The molecule has 1 aromatic heterocycles. The molecule has 1 aromatic carbocycles. The number of aryl methyl sites for hydroxylation is 1. The van der Waals surface area contributed by atoms with Crippen LogP contribution in [0.25, 0.3) is 0 Å². The van der Waals surface area contributed by atoms with Gasteiger partial charge in [0.2, 0.25) is 0 Å². The van der Waals surface area contributed by atoms with E-state index >= 15 is 0 Å². The highest BCUT2D eigenvalue weighted by atomic mass is 16.5. The summed E-state index contributed by atoms with van der Waals surface area (Å²) in [4.78, 5) is 11.3. The van der Waals surface area contributed by atoms with Crippen LogP contribution in [0.3, 0.4) is 0 Å². The summed E-state index contributed by atoms with van der Waals surface area (Å²) in [5.41, 5.74) is 2.29. The van der Waals surface area contributed by atoms with Crippen LogP contribution in [-0.2, 0) is 24.2 Å². The van der Waals surface area contributed by atoms with Gasteiger partial charge in [0.1, 0.15) is 5.82 Å². The Bertz CT molecular complexity index is 715. The van der Waals surface area contributed by atoms with Gasteiger partial charge in [0, 0.05) is 50.6 Å². The van der Waals surface area contributed by atoms with Crippen LogP contribution in [0.1, 0.15) is 36.7 Å². The minimum atomic E-state index is 0.293. The lowest BCUT2D eigenvalue weighted by Crippen LogP contribution is -2.31. The average molecular weight is 371 g/mol. The van der Waals surface area contributed by atoms with Crippen LogP contribution in [0.15, 0.2) is 30.6 Å². The molecule has 1 saturated heterocycles. The van der Waals surface area contributed by atoms with E-state index < -0.39 is 0 Å². The van der Waals surface area contributed by atoms with Crippen LogP contribution in [-0.4, -0.2) is 48.3 Å². The molecule has 2 heterocycles.